The molecule has 1 fully saturated rings. The van der Waals surface area contributed by atoms with E-state index >= 15 is 0 Å². The molecule has 104 valence electrons. The first-order chi connectivity index (χ1) is 9.19. The van der Waals surface area contributed by atoms with Crippen molar-refractivity contribution < 1.29 is 4.79 Å². The lowest BCUT2D eigenvalue weighted by Gasteiger charge is -2.22. The van der Waals surface area contributed by atoms with Crippen LogP contribution in [0.5, 0.6) is 0 Å². The van der Waals surface area contributed by atoms with Gasteiger partial charge < -0.3 is 4.90 Å². The smallest absolute Gasteiger partial charge is 0.223 e. The number of aryl methyl sites for hydroxylation is 2. The Hall–Kier alpha value is -0.550. The number of thiol groups is 1. The quantitative estimate of drug-likeness (QED) is 0.870. The van der Waals surface area contributed by atoms with Gasteiger partial charge in [-0.05, 0) is 44.3 Å². The Labute approximate surface area is 123 Å². The molecule has 2 atom stereocenters. The van der Waals surface area contributed by atoms with Crippen LogP contribution in [0.1, 0.15) is 47.8 Å². The number of rotatable bonds is 3. The van der Waals surface area contributed by atoms with Crippen molar-refractivity contribution in [2.75, 3.05) is 12.3 Å². The van der Waals surface area contributed by atoms with E-state index in [2.05, 4.69) is 19.6 Å². The highest BCUT2D eigenvalue weighted by Gasteiger charge is 2.34. The van der Waals surface area contributed by atoms with E-state index in [4.69, 9.17) is 4.98 Å². The highest BCUT2D eigenvalue weighted by Crippen LogP contribution is 2.34. The number of amides is 1. The van der Waals surface area contributed by atoms with Crippen molar-refractivity contribution in [2.45, 2.75) is 45.1 Å². The predicted octanol–water partition coefficient (Wildman–Crippen LogP) is 2.86. The maximum absolute atomic E-state index is 12.1. The van der Waals surface area contributed by atoms with Gasteiger partial charge in [0.1, 0.15) is 5.01 Å². The molecule has 0 N–H and O–H groups in total. The second-order valence-corrected chi connectivity index (χ2v) is 7.08. The van der Waals surface area contributed by atoms with E-state index < -0.39 is 0 Å². The van der Waals surface area contributed by atoms with E-state index in [-0.39, 0.29) is 11.9 Å². The Kier molecular flexibility index (Phi) is 3.85. The lowest BCUT2D eigenvalue weighted by molar-refractivity contribution is -0.129. The second kappa shape index (κ2) is 5.44. The molecule has 19 heavy (non-hydrogen) atoms. The fourth-order valence-corrected chi connectivity index (χ4v) is 4.45. The Morgan fingerprint density at radius 2 is 2.26 bits per heavy atom. The molecule has 1 saturated heterocycles. The second-order valence-electron chi connectivity index (χ2n) is 5.60. The first-order valence-electron chi connectivity index (χ1n) is 7.08. The number of likely N-dealkylation sites (tertiary alicyclic amines) is 1. The van der Waals surface area contributed by atoms with Gasteiger partial charge in [-0.15, -0.1) is 11.3 Å². The van der Waals surface area contributed by atoms with Crippen molar-refractivity contribution >= 4 is 29.9 Å². The van der Waals surface area contributed by atoms with Crippen molar-refractivity contribution in [3.63, 3.8) is 0 Å². The summed E-state index contributed by atoms with van der Waals surface area (Å²) >= 11 is 6.14. The Balaban J connectivity index is 1.78. The third kappa shape index (κ3) is 2.55. The summed E-state index contributed by atoms with van der Waals surface area (Å²) in [5.74, 6) is 1.47. The third-order valence-corrected chi connectivity index (χ3v) is 6.03. The lowest BCUT2D eigenvalue weighted by atomic mass is 10.0. The summed E-state index contributed by atoms with van der Waals surface area (Å²) in [7, 11) is 0. The van der Waals surface area contributed by atoms with E-state index in [1.807, 2.05) is 16.2 Å². The van der Waals surface area contributed by atoms with Gasteiger partial charge in [-0.25, -0.2) is 4.98 Å². The minimum absolute atomic E-state index is 0.132. The van der Waals surface area contributed by atoms with Gasteiger partial charge in [-0.3, -0.25) is 4.79 Å². The first-order valence-corrected chi connectivity index (χ1v) is 8.52. The minimum Gasteiger partial charge on any atom is -0.333 e. The summed E-state index contributed by atoms with van der Waals surface area (Å²) in [6.07, 6.45) is 5.49. The van der Waals surface area contributed by atoms with Crippen LogP contribution in [0, 0.1) is 5.92 Å². The van der Waals surface area contributed by atoms with Gasteiger partial charge in [-0.1, -0.05) is 0 Å². The molecule has 3 nitrogen and oxygen atoms in total. The van der Waals surface area contributed by atoms with E-state index in [0.29, 0.717) is 12.3 Å². The number of thiazole rings is 1. The third-order valence-electron chi connectivity index (χ3n) is 4.18. The molecule has 0 aromatic carbocycles. The van der Waals surface area contributed by atoms with Gasteiger partial charge in [-0.2, -0.15) is 12.6 Å². The fraction of sp³-hybridized carbons (Fsp3) is 0.714. The molecule has 1 aliphatic heterocycles. The topological polar surface area (TPSA) is 33.2 Å². The maximum atomic E-state index is 12.1. The first kappa shape index (κ1) is 13.4. The largest absolute Gasteiger partial charge is 0.333 e. The molecule has 1 aromatic heterocycles. The molecular formula is C14H20N2OS2. The molecule has 0 bridgehead atoms. The molecular weight excluding hydrogens is 276 g/mol. The van der Waals surface area contributed by atoms with Crippen LogP contribution >= 0.6 is 24.0 Å². The number of hydrogen-bond acceptors (Lipinski definition) is 4. The summed E-state index contributed by atoms with van der Waals surface area (Å²) in [4.78, 5) is 20.3. The molecule has 1 aliphatic carbocycles. The predicted molar refractivity (Wildman–Crippen MR) is 80.8 cm³/mol. The molecule has 2 aliphatic rings. The van der Waals surface area contributed by atoms with Crippen molar-refractivity contribution in [3.05, 3.63) is 15.6 Å². The van der Waals surface area contributed by atoms with Gasteiger partial charge in [0.05, 0.1) is 11.7 Å². The van der Waals surface area contributed by atoms with Crippen LogP contribution in [-0.2, 0) is 17.6 Å². The van der Waals surface area contributed by atoms with Crippen LogP contribution in [0.2, 0.25) is 0 Å². The monoisotopic (exact) mass is 296 g/mol. The zero-order chi connectivity index (χ0) is 13.4. The molecule has 3 rings (SSSR count). The van der Waals surface area contributed by atoms with Crippen LogP contribution in [0.4, 0.5) is 0 Å². The maximum Gasteiger partial charge on any atom is 0.223 e. The van der Waals surface area contributed by atoms with Gasteiger partial charge in [0.25, 0.3) is 0 Å². The van der Waals surface area contributed by atoms with Crippen molar-refractivity contribution in [2.24, 2.45) is 5.92 Å². The Morgan fingerprint density at radius 3 is 2.95 bits per heavy atom. The number of carbonyl (C=O) groups excluding carboxylic acids is 1. The summed E-state index contributed by atoms with van der Waals surface area (Å²) in [5, 5.41) is 1.13. The normalized spacial score (nSPS) is 24.6. The SMILES string of the molecule is CC(c1nc2c(s1)CCCC2)N1CC(CS)CC1=O. The van der Waals surface area contributed by atoms with E-state index in [0.717, 1.165) is 23.7 Å². The van der Waals surface area contributed by atoms with Crippen LogP contribution in [0.25, 0.3) is 0 Å². The zero-order valence-electron chi connectivity index (χ0n) is 11.3. The molecule has 0 radical (unpaired) electrons. The van der Waals surface area contributed by atoms with E-state index in [1.54, 1.807) is 0 Å². The Morgan fingerprint density at radius 1 is 1.47 bits per heavy atom. The summed E-state index contributed by atoms with van der Waals surface area (Å²) < 4.78 is 0. The molecule has 1 aromatic rings. The highest BCUT2D eigenvalue weighted by molar-refractivity contribution is 7.80. The fourth-order valence-electron chi connectivity index (χ4n) is 2.99. The van der Waals surface area contributed by atoms with Crippen molar-refractivity contribution in [1.29, 1.82) is 0 Å². The Bertz CT molecular complexity index is 462. The highest BCUT2D eigenvalue weighted by atomic mass is 32.1. The van der Waals surface area contributed by atoms with Crippen LogP contribution in [-0.4, -0.2) is 28.1 Å². The molecule has 0 saturated carbocycles. The number of fused-ring (bicyclic) bond motifs is 1. The molecule has 0 spiro atoms. The van der Waals surface area contributed by atoms with Gasteiger partial charge in [0, 0.05) is 17.8 Å². The van der Waals surface area contributed by atoms with Crippen LogP contribution in [0.15, 0.2) is 0 Å². The van der Waals surface area contributed by atoms with Crippen LogP contribution < -0.4 is 0 Å². The standard InChI is InChI=1S/C14H20N2OS2/c1-9(16-7-10(8-18)6-13(16)17)14-15-11-4-2-3-5-12(11)19-14/h9-10,18H,2-8H2,1H3. The minimum atomic E-state index is 0.132. The average molecular weight is 296 g/mol. The molecule has 2 heterocycles. The number of carbonyl (C=O) groups is 1. The molecule has 1 amide bonds. The summed E-state index contributed by atoms with van der Waals surface area (Å²) in [6, 6.07) is 0.132. The molecule has 2 unspecified atom stereocenters. The summed E-state index contributed by atoms with van der Waals surface area (Å²) in [6.45, 7) is 2.96. The van der Waals surface area contributed by atoms with Crippen molar-refractivity contribution in [1.82, 2.24) is 9.88 Å². The summed E-state index contributed by atoms with van der Waals surface area (Å²) in [5.41, 5.74) is 1.29. The number of aromatic nitrogens is 1. The van der Waals surface area contributed by atoms with Crippen LogP contribution in [0.3, 0.4) is 0 Å². The zero-order valence-corrected chi connectivity index (χ0v) is 13.0. The number of nitrogens with zero attached hydrogens (tertiary/aromatic N) is 2. The molecule has 5 heteroatoms. The van der Waals surface area contributed by atoms with Gasteiger partial charge >= 0.3 is 0 Å². The average Bonchev–Trinajstić information content (AvgIpc) is 3.01. The lowest BCUT2D eigenvalue weighted by Crippen LogP contribution is -2.28. The van der Waals surface area contributed by atoms with Gasteiger partial charge in [0.2, 0.25) is 5.91 Å². The van der Waals surface area contributed by atoms with Crippen molar-refractivity contribution in [3.8, 4) is 0 Å². The van der Waals surface area contributed by atoms with E-state index in [9.17, 15) is 4.79 Å². The van der Waals surface area contributed by atoms with Gasteiger partial charge in [0.15, 0.2) is 0 Å². The van der Waals surface area contributed by atoms with E-state index in [1.165, 1.54) is 29.8 Å². The number of hydrogen-bond donors (Lipinski definition) is 1.